The number of aliphatic imine (C=N–C) groups is 1. The Bertz CT molecular complexity index is 999. The molecule has 156 valence electrons. The molecule has 6 heteroatoms. The summed E-state index contributed by atoms with van der Waals surface area (Å²) >= 11 is 0. The molecular weight excluding hydrogens is 376 g/mol. The zero-order valence-electron chi connectivity index (χ0n) is 17.4. The number of likely N-dealkylation sites (N-methyl/N-ethyl adjacent to an activating group) is 1. The summed E-state index contributed by atoms with van der Waals surface area (Å²) in [6.07, 6.45) is 1.84. The van der Waals surface area contributed by atoms with E-state index >= 15 is 0 Å². The van der Waals surface area contributed by atoms with Gasteiger partial charge in [0.05, 0.1) is 25.5 Å². The lowest BCUT2D eigenvalue weighted by Crippen LogP contribution is -2.36. The van der Waals surface area contributed by atoms with E-state index in [1.165, 1.54) is 16.3 Å². The molecule has 0 bridgehead atoms. The number of morpholine rings is 1. The number of nitrogens with zero attached hydrogens (tertiary/aromatic N) is 3. The van der Waals surface area contributed by atoms with Crippen molar-refractivity contribution in [2.24, 2.45) is 4.99 Å². The maximum Gasteiger partial charge on any atom is 0.215 e. The van der Waals surface area contributed by atoms with Crippen LogP contribution in [0.5, 0.6) is 5.88 Å². The fourth-order valence-corrected chi connectivity index (χ4v) is 3.50. The highest BCUT2D eigenvalue weighted by Gasteiger charge is 2.13. The van der Waals surface area contributed by atoms with Crippen LogP contribution in [0.2, 0.25) is 0 Å². The van der Waals surface area contributed by atoms with Crippen LogP contribution in [0.4, 0.5) is 5.69 Å². The Hall–Kier alpha value is -2.96. The van der Waals surface area contributed by atoms with Crippen LogP contribution in [0.15, 0.2) is 59.6 Å². The number of pyridine rings is 1. The van der Waals surface area contributed by atoms with Gasteiger partial charge in [0, 0.05) is 37.6 Å². The lowest BCUT2D eigenvalue weighted by Gasteiger charge is -2.29. The summed E-state index contributed by atoms with van der Waals surface area (Å²) in [4.78, 5) is 11.6. The molecule has 6 nitrogen and oxygen atoms in total. The number of fused-ring (bicyclic) bond motifs is 1. The number of aromatic nitrogens is 1. The summed E-state index contributed by atoms with van der Waals surface area (Å²) < 4.78 is 11.3. The van der Waals surface area contributed by atoms with Gasteiger partial charge < -0.3 is 19.7 Å². The third-order valence-corrected chi connectivity index (χ3v) is 5.10. The van der Waals surface area contributed by atoms with Crippen molar-refractivity contribution in [3.05, 3.63) is 65.9 Å². The second-order valence-electron chi connectivity index (χ2n) is 7.29. The van der Waals surface area contributed by atoms with Gasteiger partial charge in [-0.15, -0.1) is 0 Å². The van der Waals surface area contributed by atoms with E-state index < -0.39 is 0 Å². The predicted octanol–water partition coefficient (Wildman–Crippen LogP) is 3.29. The first-order valence-corrected chi connectivity index (χ1v) is 10.4. The Morgan fingerprint density at radius 2 is 1.93 bits per heavy atom. The number of anilines is 1. The first-order chi connectivity index (χ1) is 14.8. The van der Waals surface area contributed by atoms with Crippen molar-refractivity contribution in [3.8, 4) is 5.88 Å². The topological polar surface area (TPSA) is 59.0 Å². The normalized spacial score (nSPS) is 14.5. The van der Waals surface area contributed by atoms with Crippen LogP contribution in [-0.2, 0) is 11.3 Å². The molecule has 0 atom stereocenters. The molecule has 1 aliphatic heterocycles. The third kappa shape index (κ3) is 5.34. The number of rotatable bonds is 8. The van der Waals surface area contributed by atoms with Gasteiger partial charge in [0.25, 0.3) is 0 Å². The van der Waals surface area contributed by atoms with E-state index in [0.29, 0.717) is 19.0 Å². The fourth-order valence-electron chi connectivity index (χ4n) is 3.50. The lowest BCUT2D eigenvalue weighted by atomic mass is 10.1. The first kappa shape index (κ1) is 20.3. The van der Waals surface area contributed by atoms with Crippen molar-refractivity contribution < 1.29 is 9.47 Å². The van der Waals surface area contributed by atoms with E-state index in [4.69, 9.17) is 9.47 Å². The number of nitrogens with one attached hydrogen (secondary N) is 1. The molecule has 0 saturated carbocycles. The zero-order valence-corrected chi connectivity index (χ0v) is 17.4. The largest absolute Gasteiger partial charge is 0.476 e. The molecule has 1 aliphatic rings. The van der Waals surface area contributed by atoms with Crippen LogP contribution in [0, 0.1) is 0 Å². The Balaban J connectivity index is 1.50. The molecule has 1 N–H and O–H groups in total. The highest BCUT2D eigenvalue weighted by Crippen LogP contribution is 2.22. The molecule has 0 radical (unpaired) electrons. The van der Waals surface area contributed by atoms with Crippen LogP contribution in [-0.4, -0.2) is 57.7 Å². The molecular formula is C24H28N4O2. The molecule has 0 aliphatic carbocycles. The van der Waals surface area contributed by atoms with Gasteiger partial charge in [-0.25, -0.2) is 4.98 Å². The summed E-state index contributed by atoms with van der Waals surface area (Å²) in [5.74, 6) is 0.626. The SMILES string of the molecule is CNCCOc1cc(N2CCOCC2)cc(C=NCc2ccc3ccccc3c2)n1. The number of hydrogen-bond donors (Lipinski definition) is 1. The van der Waals surface area contributed by atoms with E-state index in [1.807, 2.05) is 19.3 Å². The minimum Gasteiger partial charge on any atom is -0.476 e. The summed E-state index contributed by atoms with van der Waals surface area (Å²) in [5.41, 5.74) is 3.08. The van der Waals surface area contributed by atoms with Crippen LogP contribution in [0.3, 0.4) is 0 Å². The predicted molar refractivity (Wildman–Crippen MR) is 122 cm³/mol. The van der Waals surface area contributed by atoms with Crippen molar-refractivity contribution in [3.63, 3.8) is 0 Å². The standard InChI is InChI=1S/C24H28N4O2/c1-25-8-11-30-24-16-23(28-9-12-29-13-10-28)15-22(27-24)18-26-17-19-6-7-20-4-2-3-5-21(20)14-19/h2-7,14-16,18,25H,8-13,17H2,1H3. The molecule has 30 heavy (non-hydrogen) atoms. The third-order valence-electron chi connectivity index (χ3n) is 5.10. The molecule has 2 aromatic carbocycles. The van der Waals surface area contributed by atoms with Gasteiger partial charge in [0.1, 0.15) is 6.61 Å². The molecule has 4 rings (SSSR count). The molecule has 2 heterocycles. The lowest BCUT2D eigenvalue weighted by molar-refractivity contribution is 0.122. The Kier molecular flexibility index (Phi) is 6.90. The van der Waals surface area contributed by atoms with Gasteiger partial charge in [-0.05, 0) is 35.5 Å². The van der Waals surface area contributed by atoms with Crippen molar-refractivity contribution in [2.75, 3.05) is 51.4 Å². The van der Waals surface area contributed by atoms with Gasteiger partial charge in [0.15, 0.2) is 0 Å². The molecule has 1 aromatic heterocycles. The van der Waals surface area contributed by atoms with Crippen LogP contribution in [0.25, 0.3) is 10.8 Å². The van der Waals surface area contributed by atoms with Crippen molar-refractivity contribution in [1.82, 2.24) is 10.3 Å². The minimum atomic E-state index is 0.573. The Morgan fingerprint density at radius 3 is 2.77 bits per heavy atom. The van der Waals surface area contributed by atoms with Crippen LogP contribution < -0.4 is 15.0 Å². The van der Waals surface area contributed by atoms with E-state index in [0.717, 1.165) is 44.2 Å². The number of ether oxygens (including phenoxy) is 2. The Labute approximate surface area is 177 Å². The average molecular weight is 405 g/mol. The monoisotopic (exact) mass is 404 g/mol. The summed E-state index contributed by atoms with van der Waals surface area (Å²) in [6.45, 7) is 5.18. The van der Waals surface area contributed by atoms with Gasteiger partial charge >= 0.3 is 0 Å². The summed E-state index contributed by atoms with van der Waals surface area (Å²) in [5, 5.41) is 5.57. The molecule has 0 spiro atoms. The number of hydrogen-bond acceptors (Lipinski definition) is 6. The van der Waals surface area contributed by atoms with E-state index in [2.05, 4.69) is 68.7 Å². The Morgan fingerprint density at radius 1 is 1.10 bits per heavy atom. The second kappa shape index (κ2) is 10.2. The summed E-state index contributed by atoms with van der Waals surface area (Å²) in [6, 6.07) is 18.9. The van der Waals surface area contributed by atoms with Crippen molar-refractivity contribution in [1.29, 1.82) is 0 Å². The van der Waals surface area contributed by atoms with Gasteiger partial charge in [-0.1, -0.05) is 36.4 Å². The average Bonchev–Trinajstić information content (AvgIpc) is 2.80. The molecule has 0 unspecified atom stereocenters. The molecule has 3 aromatic rings. The number of benzene rings is 2. The summed E-state index contributed by atoms with van der Waals surface area (Å²) in [7, 11) is 1.91. The first-order valence-electron chi connectivity index (χ1n) is 10.4. The maximum atomic E-state index is 5.84. The van der Waals surface area contributed by atoms with Gasteiger partial charge in [0.2, 0.25) is 5.88 Å². The zero-order chi connectivity index (χ0) is 20.6. The van der Waals surface area contributed by atoms with Crippen molar-refractivity contribution in [2.45, 2.75) is 6.54 Å². The molecule has 1 fully saturated rings. The molecule has 0 amide bonds. The maximum absolute atomic E-state index is 5.84. The van der Waals surface area contributed by atoms with Crippen molar-refractivity contribution >= 4 is 22.7 Å². The fraction of sp³-hybridized carbons (Fsp3) is 0.333. The second-order valence-corrected chi connectivity index (χ2v) is 7.29. The quantitative estimate of drug-likeness (QED) is 0.461. The van der Waals surface area contributed by atoms with E-state index in [9.17, 15) is 0 Å². The molecule has 1 saturated heterocycles. The minimum absolute atomic E-state index is 0.573. The van der Waals surface area contributed by atoms with Gasteiger partial charge in [-0.2, -0.15) is 0 Å². The van der Waals surface area contributed by atoms with Crippen LogP contribution >= 0.6 is 0 Å². The highest BCUT2D eigenvalue weighted by molar-refractivity contribution is 5.83. The van der Waals surface area contributed by atoms with E-state index in [-0.39, 0.29) is 0 Å². The van der Waals surface area contributed by atoms with Crippen LogP contribution in [0.1, 0.15) is 11.3 Å². The van der Waals surface area contributed by atoms with E-state index in [1.54, 1.807) is 0 Å². The highest BCUT2D eigenvalue weighted by atomic mass is 16.5. The van der Waals surface area contributed by atoms with Gasteiger partial charge in [-0.3, -0.25) is 4.99 Å². The smallest absolute Gasteiger partial charge is 0.215 e.